The van der Waals surface area contributed by atoms with Crippen LogP contribution >= 0.6 is 0 Å². The van der Waals surface area contributed by atoms with Crippen molar-refractivity contribution in [3.05, 3.63) is 72.8 Å². The Labute approximate surface area is 189 Å². The van der Waals surface area contributed by atoms with E-state index in [4.69, 9.17) is 14.2 Å². The Morgan fingerprint density at radius 2 is 0.727 bits per heavy atom. The topological polar surface area (TPSA) is 115 Å². The van der Waals surface area contributed by atoms with Crippen LogP contribution in [0.2, 0.25) is 0 Å². The number of para-hydroxylation sites is 6. The van der Waals surface area contributed by atoms with Crippen LogP contribution in [0.25, 0.3) is 0 Å². The molecule has 3 aromatic carbocycles. The van der Waals surface area contributed by atoms with E-state index in [2.05, 4.69) is 16.0 Å². The maximum Gasteiger partial charge on any atom is 0.262 e. The summed E-state index contributed by atoms with van der Waals surface area (Å²) in [5, 5.41) is 8.12. The second-order valence-electron chi connectivity index (χ2n) is 7.00. The van der Waals surface area contributed by atoms with E-state index < -0.39 is 17.7 Å². The smallest absolute Gasteiger partial charge is 0.262 e. The first kappa shape index (κ1) is 21.7. The summed E-state index contributed by atoms with van der Waals surface area (Å²) in [6, 6.07) is 20.3. The number of hydrogen-bond acceptors (Lipinski definition) is 6. The van der Waals surface area contributed by atoms with Crippen LogP contribution in [0.4, 0.5) is 17.1 Å². The number of benzene rings is 3. The van der Waals surface area contributed by atoms with Crippen molar-refractivity contribution in [1.29, 1.82) is 0 Å². The zero-order valence-electron chi connectivity index (χ0n) is 17.5. The van der Waals surface area contributed by atoms with E-state index in [1.54, 1.807) is 72.8 Å². The fraction of sp³-hybridized carbons (Fsp3) is 0.125. The molecule has 3 aromatic rings. The monoisotopic (exact) mass is 447 g/mol. The van der Waals surface area contributed by atoms with E-state index in [-0.39, 0.29) is 19.8 Å². The predicted octanol–water partition coefficient (Wildman–Crippen LogP) is 3.05. The summed E-state index contributed by atoms with van der Waals surface area (Å²) in [5.74, 6) is -0.307. The second kappa shape index (κ2) is 10.2. The third-order valence-corrected chi connectivity index (χ3v) is 4.56. The van der Waals surface area contributed by atoms with Gasteiger partial charge in [0.15, 0.2) is 19.8 Å². The first-order valence-electron chi connectivity index (χ1n) is 10.1. The molecule has 1 aliphatic rings. The molecular formula is C24H21N3O6. The molecule has 0 saturated carbocycles. The summed E-state index contributed by atoms with van der Waals surface area (Å²) >= 11 is 0. The van der Waals surface area contributed by atoms with Crippen LogP contribution in [0, 0.1) is 0 Å². The largest absolute Gasteiger partial charge is 0.482 e. The van der Waals surface area contributed by atoms with E-state index in [1.165, 1.54) is 0 Å². The Balaban J connectivity index is 1.61. The molecule has 3 N–H and O–H groups in total. The van der Waals surface area contributed by atoms with E-state index in [0.717, 1.165) is 0 Å². The molecule has 0 spiro atoms. The van der Waals surface area contributed by atoms with Gasteiger partial charge in [0, 0.05) is 0 Å². The molecular weight excluding hydrogens is 426 g/mol. The van der Waals surface area contributed by atoms with E-state index in [0.29, 0.717) is 34.3 Å². The average molecular weight is 447 g/mol. The molecule has 1 heterocycles. The zero-order chi connectivity index (χ0) is 23.0. The van der Waals surface area contributed by atoms with Crippen LogP contribution in [0.1, 0.15) is 0 Å². The van der Waals surface area contributed by atoms with Crippen molar-refractivity contribution >= 4 is 34.8 Å². The predicted molar refractivity (Wildman–Crippen MR) is 122 cm³/mol. The van der Waals surface area contributed by atoms with Crippen LogP contribution in [0.15, 0.2) is 72.8 Å². The molecule has 4 rings (SSSR count). The molecule has 0 unspecified atom stereocenters. The third-order valence-electron chi connectivity index (χ3n) is 4.56. The van der Waals surface area contributed by atoms with Gasteiger partial charge in [0.25, 0.3) is 17.7 Å². The number of ether oxygens (including phenoxy) is 3. The number of rotatable bonds is 0. The van der Waals surface area contributed by atoms with Gasteiger partial charge in [0.05, 0.1) is 17.1 Å². The van der Waals surface area contributed by atoms with Crippen molar-refractivity contribution < 1.29 is 28.6 Å². The van der Waals surface area contributed by atoms with Gasteiger partial charge in [-0.2, -0.15) is 0 Å². The first-order chi connectivity index (χ1) is 16.1. The minimum absolute atomic E-state index is 0.300. The van der Waals surface area contributed by atoms with Crippen LogP contribution < -0.4 is 30.2 Å². The molecule has 9 heteroatoms. The van der Waals surface area contributed by atoms with Crippen molar-refractivity contribution in [3.63, 3.8) is 0 Å². The van der Waals surface area contributed by atoms with Crippen molar-refractivity contribution in [2.75, 3.05) is 35.8 Å². The van der Waals surface area contributed by atoms with Gasteiger partial charge in [0.1, 0.15) is 17.2 Å². The molecule has 3 amide bonds. The van der Waals surface area contributed by atoms with Crippen LogP contribution in [-0.4, -0.2) is 37.5 Å². The molecule has 0 bridgehead atoms. The Morgan fingerprint density at radius 3 is 1.03 bits per heavy atom. The highest BCUT2D eigenvalue weighted by Crippen LogP contribution is 2.27. The molecule has 0 aromatic heterocycles. The van der Waals surface area contributed by atoms with Gasteiger partial charge in [-0.3, -0.25) is 14.4 Å². The van der Waals surface area contributed by atoms with Gasteiger partial charge < -0.3 is 30.2 Å². The van der Waals surface area contributed by atoms with Crippen LogP contribution in [0.5, 0.6) is 17.2 Å². The lowest BCUT2D eigenvalue weighted by atomic mass is 10.2. The van der Waals surface area contributed by atoms with Gasteiger partial charge in [-0.1, -0.05) is 36.4 Å². The van der Waals surface area contributed by atoms with Crippen molar-refractivity contribution in [2.24, 2.45) is 0 Å². The van der Waals surface area contributed by atoms with E-state index >= 15 is 0 Å². The summed E-state index contributed by atoms with van der Waals surface area (Å²) in [6.07, 6.45) is 0. The lowest BCUT2D eigenvalue weighted by Gasteiger charge is -2.16. The molecule has 0 atom stereocenters. The first-order valence-corrected chi connectivity index (χ1v) is 10.1. The Bertz CT molecular complexity index is 1030. The highest BCUT2D eigenvalue weighted by atomic mass is 16.5. The Kier molecular flexibility index (Phi) is 6.70. The molecule has 33 heavy (non-hydrogen) atoms. The molecule has 0 saturated heterocycles. The number of anilines is 3. The lowest BCUT2D eigenvalue weighted by molar-refractivity contribution is -0.118. The summed E-state index contributed by atoms with van der Waals surface area (Å²) in [5.41, 5.74) is 1.18. The Morgan fingerprint density at radius 1 is 0.455 bits per heavy atom. The fourth-order valence-electron chi connectivity index (χ4n) is 3.08. The molecule has 9 nitrogen and oxygen atoms in total. The van der Waals surface area contributed by atoms with Crippen molar-refractivity contribution in [1.82, 2.24) is 0 Å². The average Bonchev–Trinajstić information content (AvgIpc) is 2.82. The van der Waals surface area contributed by atoms with Gasteiger partial charge >= 0.3 is 0 Å². The highest BCUT2D eigenvalue weighted by molar-refractivity contribution is 5.96. The summed E-state index contributed by atoms with van der Waals surface area (Å²) in [4.78, 5) is 37.3. The summed E-state index contributed by atoms with van der Waals surface area (Å²) in [7, 11) is 0. The van der Waals surface area contributed by atoms with Crippen molar-refractivity contribution in [3.8, 4) is 17.2 Å². The third kappa shape index (κ3) is 5.79. The zero-order valence-corrected chi connectivity index (χ0v) is 17.5. The maximum atomic E-state index is 12.4. The molecule has 0 fully saturated rings. The number of hydrogen-bond donors (Lipinski definition) is 3. The molecule has 1 aliphatic heterocycles. The number of fused-ring (bicyclic) bond motifs is 3. The van der Waals surface area contributed by atoms with Crippen molar-refractivity contribution in [2.45, 2.75) is 0 Å². The van der Waals surface area contributed by atoms with Crippen LogP contribution in [-0.2, 0) is 14.4 Å². The number of amides is 3. The van der Waals surface area contributed by atoms with E-state index in [1.807, 2.05) is 0 Å². The van der Waals surface area contributed by atoms with Gasteiger partial charge in [-0.25, -0.2) is 0 Å². The fourth-order valence-corrected chi connectivity index (χ4v) is 3.08. The Hall–Kier alpha value is -4.53. The minimum Gasteiger partial charge on any atom is -0.482 e. The quantitative estimate of drug-likeness (QED) is 0.488. The molecule has 0 radical (unpaired) electrons. The minimum atomic E-state index is -0.435. The number of carbonyl (C=O) groups is 3. The lowest BCUT2D eigenvalue weighted by Crippen LogP contribution is -2.25. The molecule has 0 aliphatic carbocycles. The standard InChI is InChI=1S/C24H21N3O6/c28-22-13-32-20-11-5-2-8-17(20)27-24(30)15-33-21-12-6-3-9-18(21)26-23(29)14-31-19-10-4-1-7-16(19)25-22/h1-12H,13-15H2,(H,25,28)(H,26,29)(H,27,30). The second-order valence-corrected chi connectivity index (χ2v) is 7.00. The summed E-state index contributed by atoms with van der Waals surface area (Å²) in [6.45, 7) is -0.900. The van der Waals surface area contributed by atoms with Gasteiger partial charge in [0.2, 0.25) is 0 Å². The normalized spacial score (nSPS) is 14.7. The highest BCUT2D eigenvalue weighted by Gasteiger charge is 2.15. The van der Waals surface area contributed by atoms with Crippen LogP contribution in [0.3, 0.4) is 0 Å². The maximum absolute atomic E-state index is 12.4. The number of nitrogens with one attached hydrogen (secondary N) is 3. The number of carbonyl (C=O) groups excluding carboxylic acids is 3. The van der Waals surface area contributed by atoms with Gasteiger partial charge in [-0.05, 0) is 36.4 Å². The summed E-state index contributed by atoms with van der Waals surface area (Å²) < 4.78 is 16.8. The van der Waals surface area contributed by atoms with E-state index in [9.17, 15) is 14.4 Å². The molecule has 168 valence electrons. The van der Waals surface area contributed by atoms with Gasteiger partial charge in [-0.15, -0.1) is 0 Å². The SMILES string of the molecule is O=C1COc2ccccc2NC(=O)COc2ccccc2NC(=O)COc2ccccc2N1.